The van der Waals surface area contributed by atoms with Crippen molar-refractivity contribution in [2.75, 3.05) is 49.5 Å². The zero-order valence-electron chi connectivity index (χ0n) is 16.1. The zero-order chi connectivity index (χ0) is 20.1. The molecule has 0 unspecified atom stereocenters. The Labute approximate surface area is 175 Å². The Morgan fingerprint density at radius 1 is 1.03 bits per heavy atom. The summed E-state index contributed by atoms with van der Waals surface area (Å²) in [6.07, 6.45) is 1.39. The zero-order valence-corrected chi connectivity index (χ0v) is 17.0. The number of nitrogens with zero attached hydrogens (tertiary/aromatic N) is 2. The minimum absolute atomic E-state index is 0.232. The number of para-hydroxylation sites is 2. The minimum atomic E-state index is -0.235. The summed E-state index contributed by atoms with van der Waals surface area (Å²) in [6.45, 7) is 5.29. The number of carbonyl (C=O) groups is 2. The largest absolute Gasteiger partial charge is 0.369 e. The predicted octanol–water partition coefficient (Wildman–Crippen LogP) is 2.55. The molecule has 2 aliphatic heterocycles. The first-order chi connectivity index (χ1) is 14.2. The molecular formula is C22H24N4O2S. The summed E-state index contributed by atoms with van der Waals surface area (Å²) in [6, 6.07) is 18.0. The molecule has 1 saturated heterocycles. The molecule has 2 heterocycles. The van der Waals surface area contributed by atoms with Crippen molar-refractivity contribution in [3.05, 3.63) is 65.6 Å². The third-order valence-corrected chi connectivity index (χ3v) is 6.16. The molecule has 150 valence electrons. The SMILES string of the molecule is O=C(/C=C1\Sc2ccccc2NC1=O)NCCN1CCN(c2ccccc2)CC1. The fourth-order valence-corrected chi connectivity index (χ4v) is 4.40. The van der Waals surface area contributed by atoms with E-state index < -0.39 is 0 Å². The van der Waals surface area contributed by atoms with Gasteiger partial charge < -0.3 is 15.5 Å². The van der Waals surface area contributed by atoms with Crippen LogP contribution >= 0.6 is 11.8 Å². The topological polar surface area (TPSA) is 64.7 Å². The van der Waals surface area contributed by atoms with E-state index in [1.54, 1.807) is 0 Å². The molecule has 0 aromatic heterocycles. The summed E-state index contributed by atoms with van der Waals surface area (Å²) in [7, 11) is 0. The third kappa shape index (κ3) is 4.99. The Morgan fingerprint density at radius 2 is 1.76 bits per heavy atom. The van der Waals surface area contributed by atoms with E-state index in [-0.39, 0.29) is 11.8 Å². The number of thioether (sulfide) groups is 1. The van der Waals surface area contributed by atoms with Crippen LogP contribution in [0.2, 0.25) is 0 Å². The van der Waals surface area contributed by atoms with E-state index in [0.717, 1.165) is 43.3 Å². The van der Waals surface area contributed by atoms with Crippen LogP contribution in [0.5, 0.6) is 0 Å². The number of nitrogens with one attached hydrogen (secondary N) is 2. The number of fused-ring (bicyclic) bond motifs is 1. The number of piperazine rings is 1. The quantitative estimate of drug-likeness (QED) is 0.745. The van der Waals surface area contributed by atoms with E-state index in [1.165, 1.54) is 23.5 Å². The minimum Gasteiger partial charge on any atom is -0.369 e. The second-order valence-electron chi connectivity index (χ2n) is 7.02. The highest BCUT2D eigenvalue weighted by Crippen LogP contribution is 2.37. The number of benzene rings is 2. The average Bonchev–Trinajstić information content (AvgIpc) is 2.75. The Bertz CT molecular complexity index is 908. The van der Waals surface area contributed by atoms with Crippen molar-refractivity contribution in [3.8, 4) is 0 Å². The van der Waals surface area contributed by atoms with Gasteiger partial charge >= 0.3 is 0 Å². The lowest BCUT2D eigenvalue weighted by Crippen LogP contribution is -2.48. The summed E-state index contributed by atoms with van der Waals surface area (Å²) in [4.78, 5) is 30.5. The van der Waals surface area contributed by atoms with Crippen LogP contribution < -0.4 is 15.5 Å². The summed E-state index contributed by atoms with van der Waals surface area (Å²) in [5, 5.41) is 5.72. The second-order valence-corrected chi connectivity index (χ2v) is 8.10. The molecule has 2 aromatic carbocycles. The van der Waals surface area contributed by atoms with Gasteiger partial charge in [0.05, 0.1) is 10.6 Å². The highest BCUT2D eigenvalue weighted by molar-refractivity contribution is 8.04. The van der Waals surface area contributed by atoms with Crippen LogP contribution in [0.4, 0.5) is 11.4 Å². The molecule has 2 aromatic rings. The van der Waals surface area contributed by atoms with Crippen LogP contribution in [0, 0.1) is 0 Å². The van der Waals surface area contributed by atoms with Crippen LogP contribution in [0.15, 0.2) is 70.5 Å². The van der Waals surface area contributed by atoms with Crippen LogP contribution in [-0.4, -0.2) is 56.0 Å². The fraction of sp³-hybridized carbons (Fsp3) is 0.273. The maximum absolute atomic E-state index is 12.2. The number of amides is 2. The van der Waals surface area contributed by atoms with Gasteiger partial charge in [-0.15, -0.1) is 0 Å². The molecule has 4 rings (SSSR count). The molecule has 1 fully saturated rings. The number of anilines is 2. The lowest BCUT2D eigenvalue weighted by atomic mass is 10.2. The van der Waals surface area contributed by atoms with Crippen molar-refractivity contribution in [3.63, 3.8) is 0 Å². The summed E-state index contributed by atoms with van der Waals surface area (Å²) >= 11 is 1.33. The van der Waals surface area contributed by atoms with E-state index in [2.05, 4.69) is 44.7 Å². The van der Waals surface area contributed by atoms with Crippen molar-refractivity contribution in [1.29, 1.82) is 0 Å². The van der Waals surface area contributed by atoms with Crippen LogP contribution in [0.3, 0.4) is 0 Å². The number of carbonyl (C=O) groups excluding carboxylic acids is 2. The van der Waals surface area contributed by atoms with Gasteiger partial charge in [0.2, 0.25) is 5.91 Å². The van der Waals surface area contributed by atoms with Crippen LogP contribution in [0.1, 0.15) is 0 Å². The van der Waals surface area contributed by atoms with Gasteiger partial charge in [0.15, 0.2) is 0 Å². The van der Waals surface area contributed by atoms with Crippen molar-refractivity contribution >= 4 is 35.0 Å². The third-order valence-electron chi connectivity index (χ3n) is 5.06. The van der Waals surface area contributed by atoms with Crippen molar-refractivity contribution in [1.82, 2.24) is 10.2 Å². The summed E-state index contributed by atoms with van der Waals surface area (Å²) in [5.41, 5.74) is 2.05. The lowest BCUT2D eigenvalue weighted by Gasteiger charge is -2.36. The number of hydrogen-bond donors (Lipinski definition) is 2. The van der Waals surface area contributed by atoms with E-state index >= 15 is 0 Å². The predicted molar refractivity (Wildman–Crippen MR) is 117 cm³/mol. The highest BCUT2D eigenvalue weighted by Gasteiger charge is 2.21. The Hall–Kier alpha value is -2.77. The molecule has 7 heteroatoms. The molecule has 2 amide bonds. The van der Waals surface area contributed by atoms with E-state index in [1.807, 2.05) is 30.3 Å². The smallest absolute Gasteiger partial charge is 0.262 e. The molecule has 0 bridgehead atoms. The molecular weight excluding hydrogens is 384 g/mol. The molecule has 29 heavy (non-hydrogen) atoms. The van der Waals surface area contributed by atoms with E-state index in [4.69, 9.17) is 0 Å². The first-order valence-electron chi connectivity index (χ1n) is 9.79. The first kappa shape index (κ1) is 19.5. The van der Waals surface area contributed by atoms with Crippen molar-refractivity contribution < 1.29 is 9.59 Å². The molecule has 0 saturated carbocycles. The van der Waals surface area contributed by atoms with Crippen molar-refractivity contribution in [2.45, 2.75) is 4.90 Å². The number of rotatable bonds is 5. The van der Waals surface area contributed by atoms with Gasteiger partial charge in [-0.05, 0) is 24.3 Å². The van der Waals surface area contributed by atoms with Gasteiger partial charge in [0, 0.05) is 55.9 Å². The Morgan fingerprint density at radius 3 is 2.55 bits per heavy atom. The maximum atomic E-state index is 12.2. The van der Waals surface area contributed by atoms with Crippen LogP contribution in [-0.2, 0) is 9.59 Å². The van der Waals surface area contributed by atoms with Crippen molar-refractivity contribution in [2.24, 2.45) is 0 Å². The molecule has 6 nitrogen and oxygen atoms in total. The highest BCUT2D eigenvalue weighted by atomic mass is 32.2. The molecule has 0 radical (unpaired) electrons. The van der Waals surface area contributed by atoms with E-state index in [0.29, 0.717) is 11.4 Å². The second kappa shape index (κ2) is 9.15. The van der Waals surface area contributed by atoms with Gasteiger partial charge in [-0.2, -0.15) is 0 Å². The van der Waals surface area contributed by atoms with Gasteiger partial charge in [-0.3, -0.25) is 14.5 Å². The lowest BCUT2D eigenvalue weighted by molar-refractivity contribution is -0.117. The van der Waals surface area contributed by atoms with Gasteiger partial charge in [-0.25, -0.2) is 0 Å². The van der Waals surface area contributed by atoms with Gasteiger partial charge in [-0.1, -0.05) is 42.1 Å². The summed E-state index contributed by atoms with van der Waals surface area (Å²) < 4.78 is 0. The maximum Gasteiger partial charge on any atom is 0.262 e. The Kier molecular flexibility index (Phi) is 6.17. The van der Waals surface area contributed by atoms with Gasteiger partial charge in [0.1, 0.15) is 0 Å². The normalized spacial score (nSPS) is 18.3. The monoisotopic (exact) mass is 408 g/mol. The molecule has 0 atom stereocenters. The van der Waals surface area contributed by atoms with Crippen LogP contribution in [0.25, 0.3) is 0 Å². The first-order valence-corrected chi connectivity index (χ1v) is 10.6. The Balaban J connectivity index is 1.22. The fourth-order valence-electron chi connectivity index (χ4n) is 3.48. The van der Waals surface area contributed by atoms with Gasteiger partial charge in [0.25, 0.3) is 5.91 Å². The standard InChI is InChI=1S/C22H24N4O2S/c27-21(16-20-22(28)24-18-8-4-5-9-19(18)29-20)23-10-11-25-12-14-26(15-13-25)17-6-2-1-3-7-17/h1-9,16H,10-15H2,(H,23,27)(H,24,28)/b20-16-. The molecule has 0 spiro atoms. The molecule has 0 aliphatic carbocycles. The van der Waals surface area contributed by atoms with E-state index in [9.17, 15) is 9.59 Å². The number of hydrogen-bond acceptors (Lipinski definition) is 5. The average molecular weight is 409 g/mol. The summed E-state index contributed by atoms with van der Waals surface area (Å²) in [5.74, 6) is -0.467. The molecule has 2 aliphatic rings. The molecule has 2 N–H and O–H groups in total.